The number of aliphatic carboxylic acids is 1. The topological polar surface area (TPSA) is 148 Å². The molecule has 0 aromatic carbocycles. The zero-order valence-corrected chi connectivity index (χ0v) is 14.1. The molecule has 0 aliphatic carbocycles. The molecule has 1 heterocycles. The predicted octanol–water partition coefficient (Wildman–Crippen LogP) is -1.03. The average Bonchev–Trinajstić information content (AvgIpc) is 2.97. The van der Waals surface area contributed by atoms with Gasteiger partial charge in [-0.2, -0.15) is 0 Å². The van der Waals surface area contributed by atoms with Gasteiger partial charge in [0.1, 0.15) is 12.1 Å². The van der Waals surface area contributed by atoms with Crippen molar-refractivity contribution >= 4 is 29.7 Å². The molecule has 1 fully saturated rings. The zero-order chi connectivity index (χ0) is 19.0. The quantitative estimate of drug-likeness (QED) is 0.443. The van der Waals surface area contributed by atoms with E-state index in [4.69, 9.17) is 9.47 Å². The van der Waals surface area contributed by atoms with Gasteiger partial charge in [0.2, 0.25) is 11.8 Å². The third-order valence-electron chi connectivity index (χ3n) is 3.56. The van der Waals surface area contributed by atoms with Gasteiger partial charge in [0.15, 0.2) is 0 Å². The number of rotatable bonds is 9. The summed E-state index contributed by atoms with van der Waals surface area (Å²) < 4.78 is 9.55. The number of hydrogen-bond donors (Lipinski definition) is 3. The number of carbonyl (C=O) groups is 5. The van der Waals surface area contributed by atoms with Gasteiger partial charge in [-0.15, -0.1) is 0 Å². The smallest absolute Gasteiger partial charge is 0.327 e. The first-order chi connectivity index (χ1) is 11.8. The van der Waals surface area contributed by atoms with Gasteiger partial charge in [0.25, 0.3) is 0 Å². The van der Waals surface area contributed by atoms with Crippen molar-refractivity contribution in [3.05, 3.63) is 0 Å². The van der Waals surface area contributed by atoms with Gasteiger partial charge in [-0.05, 0) is 20.3 Å². The number of carboxylic acid groups (broad SMARTS) is 1. The standard InChI is InChI=1S/C15H22N2O8/c1-3-24-11(19)7-8(15(23)25-4-2)12(14(21)22)17-13(20)9-5-6-10(18)16-9/h8-9,12H,3-7H2,1-2H3,(H,16,18)(H,17,20)(H,21,22)/t8-,9-,12+/m0/s1. The van der Waals surface area contributed by atoms with E-state index in [0.29, 0.717) is 0 Å². The summed E-state index contributed by atoms with van der Waals surface area (Å²) in [4.78, 5) is 58.6. The Morgan fingerprint density at radius 3 is 2.36 bits per heavy atom. The highest BCUT2D eigenvalue weighted by Crippen LogP contribution is 2.15. The number of nitrogens with one attached hydrogen (secondary N) is 2. The maximum absolute atomic E-state index is 12.1. The predicted molar refractivity (Wildman–Crippen MR) is 82.1 cm³/mol. The van der Waals surface area contributed by atoms with Gasteiger partial charge < -0.3 is 25.2 Å². The number of hydrogen-bond acceptors (Lipinski definition) is 7. The fourth-order valence-electron chi connectivity index (χ4n) is 2.39. The summed E-state index contributed by atoms with van der Waals surface area (Å²) in [5.41, 5.74) is 0. The summed E-state index contributed by atoms with van der Waals surface area (Å²) >= 11 is 0. The van der Waals surface area contributed by atoms with Gasteiger partial charge in [0, 0.05) is 6.42 Å². The van der Waals surface area contributed by atoms with E-state index >= 15 is 0 Å². The van der Waals surface area contributed by atoms with Crippen molar-refractivity contribution in [3.63, 3.8) is 0 Å². The van der Waals surface area contributed by atoms with Crippen LogP contribution in [0.3, 0.4) is 0 Å². The molecule has 0 bridgehead atoms. The van der Waals surface area contributed by atoms with Crippen LogP contribution in [0.1, 0.15) is 33.1 Å². The maximum Gasteiger partial charge on any atom is 0.327 e. The molecule has 0 radical (unpaired) electrons. The van der Waals surface area contributed by atoms with E-state index in [9.17, 15) is 29.1 Å². The average molecular weight is 358 g/mol. The second-order valence-electron chi connectivity index (χ2n) is 5.35. The first-order valence-electron chi connectivity index (χ1n) is 7.94. The molecule has 140 valence electrons. The van der Waals surface area contributed by atoms with Crippen LogP contribution in [-0.4, -0.2) is 60.1 Å². The summed E-state index contributed by atoms with van der Waals surface area (Å²) in [7, 11) is 0. The van der Waals surface area contributed by atoms with Gasteiger partial charge in [-0.25, -0.2) is 4.79 Å². The number of esters is 2. The van der Waals surface area contributed by atoms with Crippen molar-refractivity contribution in [3.8, 4) is 0 Å². The number of ether oxygens (including phenoxy) is 2. The van der Waals surface area contributed by atoms with E-state index in [1.165, 1.54) is 6.92 Å². The van der Waals surface area contributed by atoms with Crippen LogP contribution in [0.5, 0.6) is 0 Å². The van der Waals surface area contributed by atoms with Crippen LogP contribution in [0.2, 0.25) is 0 Å². The first-order valence-corrected chi connectivity index (χ1v) is 7.94. The molecule has 1 rings (SSSR count). The Bertz CT molecular complexity index is 548. The molecule has 0 spiro atoms. The molecule has 3 N–H and O–H groups in total. The van der Waals surface area contributed by atoms with Crippen LogP contribution in [0.15, 0.2) is 0 Å². The molecular formula is C15H22N2O8. The molecular weight excluding hydrogens is 336 g/mol. The van der Waals surface area contributed by atoms with Crippen LogP contribution in [0.25, 0.3) is 0 Å². The molecule has 0 unspecified atom stereocenters. The Hall–Kier alpha value is -2.65. The van der Waals surface area contributed by atoms with E-state index in [-0.39, 0.29) is 32.0 Å². The lowest BCUT2D eigenvalue weighted by molar-refractivity contribution is -0.160. The molecule has 0 saturated carbocycles. The Kier molecular flexibility index (Phi) is 7.83. The van der Waals surface area contributed by atoms with E-state index in [1.807, 2.05) is 0 Å². The van der Waals surface area contributed by atoms with Gasteiger partial charge in [0.05, 0.1) is 25.6 Å². The minimum atomic E-state index is -1.69. The summed E-state index contributed by atoms with van der Waals surface area (Å²) in [5, 5.41) is 14.0. The van der Waals surface area contributed by atoms with Crippen molar-refractivity contribution in [1.82, 2.24) is 10.6 Å². The fraction of sp³-hybridized carbons (Fsp3) is 0.667. The molecule has 0 aromatic heterocycles. The van der Waals surface area contributed by atoms with Gasteiger partial charge in [-0.1, -0.05) is 0 Å². The molecule has 1 aliphatic heterocycles. The molecule has 3 atom stereocenters. The van der Waals surface area contributed by atoms with Gasteiger partial charge in [-0.3, -0.25) is 19.2 Å². The summed E-state index contributed by atoms with van der Waals surface area (Å²) in [6.45, 7) is 3.14. The molecule has 10 heteroatoms. The van der Waals surface area contributed by atoms with E-state index in [0.717, 1.165) is 0 Å². The second kappa shape index (κ2) is 9.60. The maximum atomic E-state index is 12.1. The molecule has 10 nitrogen and oxygen atoms in total. The van der Waals surface area contributed by atoms with E-state index < -0.39 is 48.2 Å². The highest BCUT2D eigenvalue weighted by Gasteiger charge is 2.40. The van der Waals surface area contributed by atoms with Crippen LogP contribution in [-0.2, 0) is 33.4 Å². The number of carboxylic acids is 1. The van der Waals surface area contributed by atoms with Crippen molar-refractivity contribution in [2.24, 2.45) is 5.92 Å². The lowest BCUT2D eigenvalue weighted by atomic mass is 9.95. The summed E-state index contributed by atoms with van der Waals surface area (Å²) in [6, 6.07) is -2.56. The molecule has 0 aromatic rings. The molecule has 25 heavy (non-hydrogen) atoms. The lowest BCUT2D eigenvalue weighted by Crippen LogP contribution is -2.54. The van der Waals surface area contributed by atoms with Crippen LogP contribution in [0.4, 0.5) is 0 Å². The lowest BCUT2D eigenvalue weighted by Gasteiger charge is -2.24. The van der Waals surface area contributed by atoms with Crippen molar-refractivity contribution < 1.29 is 38.6 Å². The normalized spacial score (nSPS) is 18.6. The Balaban J connectivity index is 2.91. The molecule has 2 amide bonds. The van der Waals surface area contributed by atoms with Crippen molar-refractivity contribution in [2.45, 2.75) is 45.2 Å². The minimum absolute atomic E-state index is 0.0167. The van der Waals surface area contributed by atoms with Gasteiger partial charge >= 0.3 is 17.9 Å². The highest BCUT2D eigenvalue weighted by molar-refractivity contribution is 5.95. The Labute approximate surface area is 144 Å². The monoisotopic (exact) mass is 358 g/mol. The van der Waals surface area contributed by atoms with Crippen LogP contribution < -0.4 is 10.6 Å². The third kappa shape index (κ3) is 6.05. The van der Waals surface area contributed by atoms with Crippen molar-refractivity contribution in [1.29, 1.82) is 0 Å². The SMILES string of the molecule is CCOC(=O)C[C@H](C(=O)OCC)[C@@H](NC(=O)[C@@H]1CCC(=O)N1)C(=O)O. The minimum Gasteiger partial charge on any atom is -0.480 e. The zero-order valence-electron chi connectivity index (χ0n) is 14.1. The number of carbonyl (C=O) groups excluding carboxylic acids is 4. The second-order valence-corrected chi connectivity index (χ2v) is 5.35. The largest absolute Gasteiger partial charge is 0.480 e. The third-order valence-corrected chi connectivity index (χ3v) is 3.56. The van der Waals surface area contributed by atoms with E-state index in [1.54, 1.807) is 6.92 Å². The van der Waals surface area contributed by atoms with Crippen LogP contribution in [0, 0.1) is 5.92 Å². The highest BCUT2D eigenvalue weighted by atomic mass is 16.5. The van der Waals surface area contributed by atoms with Crippen LogP contribution >= 0.6 is 0 Å². The fourth-order valence-corrected chi connectivity index (χ4v) is 2.39. The molecule has 1 saturated heterocycles. The van der Waals surface area contributed by atoms with Crippen molar-refractivity contribution in [2.75, 3.05) is 13.2 Å². The summed E-state index contributed by atoms with van der Waals surface area (Å²) in [5.74, 6) is -5.72. The Morgan fingerprint density at radius 1 is 1.24 bits per heavy atom. The summed E-state index contributed by atoms with van der Waals surface area (Å²) in [6.07, 6.45) is -0.181. The van der Waals surface area contributed by atoms with E-state index in [2.05, 4.69) is 10.6 Å². The number of amides is 2. The first kappa shape index (κ1) is 20.4. The Morgan fingerprint density at radius 2 is 1.88 bits per heavy atom. The molecule has 1 aliphatic rings.